The Morgan fingerprint density at radius 2 is 1.84 bits per heavy atom. The van der Waals surface area contributed by atoms with E-state index in [1.165, 1.54) is 12.8 Å². The van der Waals surface area contributed by atoms with Crippen LogP contribution in [-0.4, -0.2) is 46.3 Å². The van der Waals surface area contributed by atoms with Gasteiger partial charge in [-0.1, -0.05) is 0 Å². The third-order valence-corrected chi connectivity index (χ3v) is 5.39. The molecule has 0 aromatic rings. The molecule has 6 heteroatoms. The number of hydrogen-bond donors (Lipinski definition) is 0. The molecule has 0 aromatic heterocycles. The molecule has 0 radical (unpaired) electrons. The highest BCUT2D eigenvalue weighted by atomic mass is 32.2. The maximum absolute atomic E-state index is 12.1. The van der Waals surface area contributed by atoms with Gasteiger partial charge >= 0.3 is 6.09 Å². The standard InChI is InChI=1S/C13H21NO4S/c1-3-17-13(15)14-11-6-8(18-19(2)16)7-12(14)10-5-4-9(10)11/h8-12H,3-7H2,1-2H3/t8?,9-,10?,11?,12?,19?/m0/s1. The summed E-state index contributed by atoms with van der Waals surface area (Å²) in [6.45, 7) is 2.26. The normalized spacial score (nSPS) is 41.4. The first-order valence-corrected chi connectivity index (χ1v) is 8.55. The van der Waals surface area contributed by atoms with Crippen molar-refractivity contribution in [2.75, 3.05) is 12.9 Å². The van der Waals surface area contributed by atoms with Gasteiger partial charge in [-0.15, -0.1) is 0 Å². The molecule has 3 fully saturated rings. The van der Waals surface area contributed by atoms with Gasteiger partial charge in [0.2, 0.25) is 0 Å². The monoisotopic (exact) mass is 287 g/mol. The van der Waals surface area contributed by atoms with Crippen molar-refractivity contribution in [1.82, 2.24) is 4.90 Å². The van der Waals surface area contributed by atoms with Gasteiger partial charge in [-0.2, -0.15) is 0 Å². The number of hydrogen-bond acceptors (Lipinski definition) is 4. The van der Waals surface area contributed by atoms with E-state index in [9.17, 15) is 9.00 Å². The second kappa shape index (κ2) is 5.05. The number of rotatable bonds is 3. The van der Waals surface area contributed by atoms with Crippen molar-refractivity contribution in [2.45, 2.75) is 50.8 Å². The summed E-state index contributed by atoms with van der Waals surface area (Å²) in [5, 5.41) is 0. The van der Waals surface area contributed by atoms with Gasteiger partial charge in [-0.25, -0.2) is 9.00 Å². The van der Waals surface area contributed by atoms with Gasteiger partial charge in [-0.05, 0) is 44.4 Å². The smallest absolute Gasteiger partial charge is 0.410 e. The molecular formula is C13H21NO4S. The summed E-state index contributed by atoms with van der Waals surface area (Å²) in [6, 6.07) is 0.454. The van der Waals surface area contributed by atoms with Gasteiger partial charge in [-0.3, -0.25) is 4.18 Å². The lowest BCUT2D eigenvalue weighted by atomic mass is 9.71. The second-order valence-corrected chi connectivity index (χ2v) is 6.73. The molecule has 6 atom stereocenters. The van der Waals surface area contributed by atoms with Crippen molar-refractivity contribution in [2.24, 2.45) is 11.8 Å². The minimum atomic E-state index is -1.23. The summed E-state index contributed by atoms with van der Waals surface area (Å²) >= 11 is -1.23. The van der Waals surface area contributed by atoms with E-state index in [4.69, 9.17) is 8.92 Å². The Bertz CT molecular complexity index is 382. The van der Waals surface area contributed by atoms with E-state index in [-0.39, 0.29) is 24.3 Å². The molecule has 1 saturated carbocycles. The highest BCUT2D eigenvalue weighted by molar-refractivity contribution is 7.79. The topological polar surface area (TPSA) is 55.8 Å². The number of nitrogens with zero attached hydrogens (tertiary/aromatic N) is 1. The quantitative estimate of drug-likeness (QED) is 0.792. The zero-order valence-corrected chi connectivity index (χ0v) is 12.2. The summed E-state index contributed by atoms with van der Waals surface area (Å²) in [5.41, 5.74) is 0. The average Bonchev–Trinajstić information content (AvgIpc) is 2.38. The fraction of sp³-hybridized carbons (Fsp3) is 0.923. The van der Waals surface area contributed by atoms with E-state index < -0.39 is 11.1 Å². The molecule has 108 valence electrons. The minimum absolute atomic E-state index is 0.0251. The van der Waals surface area contributed by atoms with Crippen molar-refractivity contribution in [3.63, 3.8) is 0 Å². The Balaban J connectivity index is 1.75. The molecule has 19 heavy (non-hydrogen) atoms. The summed E-state index contributed by atoms with van der Waals surface area (Å²) in [7, 11) is 0. The van der Waals surface area contributed by atoms with Crippen LogP contribution in [0.15, 0.2) is 0 Å². The Morgan fingerprint density at radius 1 is 1.26 bits per heavy atom. The first kappa shape index (κ1) is 13.4. The van der Waals surface area contributed by atoms with Crippen LogP contribution in [0.4, 0.5) is 4.79 Å². The molecule has 5 unspecified atom stereocenters. The van der Waals surface area contributed by atoms with E-state index in [1.807, 2.05) is 11.8 Å². The number of fused-ring (bicyclic) bond motifs is 5. The van der Waals surface area contributed by atoms with Crippen LogP contribution in [0.5, 0.6) is 0 Å². The van der Waals surface area contributed by atoms with Crippen LogP contribution in [0, 0.1) is 11.8 Å². The summed E-state index contributed by atoms with van der Waals surface area (Å²) in [6.07, 6.45) is 5.41. The fourth-order valence-electron chi connectivity index (χ4n) is 4.12. The molecule has 0 spiro atoms. The summed E-state index contributed by atoms with van der Waals surface area (Å²) < 4.78 is 21.9. The highest BCUT2D eigenvalue weighted by Gasteiger charge is 2.58. The molecule has 2 heterocycles. The maximum Gasteiger partial charge on any atom is 0.410 e. The Kier molecular flexibility index (Phi) is 3.55. The largest absolute Gasteiger partial charge is 0.450 e. The van der Waals surface area contributed by atoms with E-state index in [1.54, 1.807) is 6.26 Å². The molecule has 1 aliphatic carbocycles. The van der Waals surface area contributed by atoms with Gasteiger partial charge in [0.25, 0.3) is 0 Å². The third-order valence-electron chi connectivity index (χ3n) is 4.85. The van der Waals surface area contributed by atoms with Crippen LogP contribution in [0.2, 0.25) is 0 Å². The van der Waals surface area contributed by atoms with Gasteiger partial charge in [0.1, 0.15) is 0 Å². The van der Waals surface area contributed by atoms with Gasteiger partial charge in [0.15, 0.2) is 11.1 Å². The van der Waals surface area contributed by atoms with Crippen molar-refractivity contribution < 1.29 is 17.9 Å². The predicted octanol–water partition coefficient (Wildman–Crippen LogP) is 1.69. The molecular weight excluding hydrogens is 266 g/mol. The zero-order chi connectivity index (χ0) is 13.6. The molecule has 2 aliphatic heterocycles. The highest BCUT2D eigenvalue weighted by Crippen LogP contribution is 2.54. The third kappa shape index (κ3) is 2.18. The van der Waals surface area contributed by atoms with Crippen LogP contribution < -0.4 is 0 Å². The van der Waals surface area contributed by atoms with E-state index in [0.717, 1.165) is 12.8 Å². The number of ether oxygens (including phenoxy) is 1. The first-order chi connectivity index (χ1) is 9.11. The SMILES string of the molecule is CCOC(=O)N1C2CC(OS(C)=O)CC1[C@H]1CCC21. The average molecular weight is 287 g/mol. The lowest BCUT2D eigenvalue weighted by molar-refractivity contribution is 0.0349. The fourth-order valence-corrected chi connectivity index (χ4v) is 4.66. The minimum Gasteiger partial charge on any atom is -0.450 e. The molecule has 2 bridgehead atoms. The van der Waals surface area contributed by atoms with Crippen LogP contribution in [0.1, 0.15) is 32.6 Å². The van der Waals surface area contributed by atoms with Gasteiger partial charge in [0, 0.05) is 18.3 Å². The Morgan fingerprint density at radius 3 is 2.26 bits per heavy atom. The number of piperidine rings is 1. The first-order valence-electron chi connectivity index (χ1n) is 7.07. The van der Waals surface area contributed by atoms with Crippen molar-refractivity contribution in [3.8, 4) is 0 Å². The molecule has 2 saturated heterocycles. The van der Waals surface area contributed by atoms with Gasteiger partial charge < -0.3 is 9.64 Å². The van der Waals surface area contributed by atoms with Crippen molar-refractivity contribution >= 4 is 17.2 Å². The summed E-state index contributed by atoms with van der Waals surface area (Å²) in [4.78, 5) is 14.1. The van der Waals surface area contributed by atoms with E-state index >= 15 is 0 Å². The number of carbonyl (C=O) groups excluding carboxylic acids is 1. The lowest BCUT2D eigenvalue weighted by Crippen LogP contribution is -2.49. The molecule has 1 amide bonds. The Labute approximate surface area is 116 Å². The molecule has 5 nitrogen and oxygen atoms in total. The molecule has 3 aliphatic rings. The van der Waals surface area contributed by atoms with Crippen LogP contribution in [0.3, 0.4) is 0 Å². The second-order valence-electron chi connectivity index (χ2n) is 5.74. The number of carbonyl (C=O) groups is 1. The van der Waals surface area contributed by atoms with Crippen molar-refractivity contribution in [1.29, 1.82) is 0 Å². The summed E-state index contributed by atoms with van der Waals surface area (Å²) in [5.74, 6) is 1.21. The lowest BCUT2D eigenvalue weighted by Gasteiger charge is -2.37. The van der Waals surface area contributed by atoms with Crippen LogP contribution >= 0.6 is 0 Å². The van der Waals surface area contributed by atoms with Gasteiger partial charge in [0.05, 0.1) is 12.7 Å². The zero-order valence-electron chi connectivity index (χ0n) is 11.4. The maximum atomic E-state index is 12.1. The molecule has 3 rings (SSSR count). The number of amides is 1. The van der Waals surface area contributed by atoms with Crippen LogP contribution in [0.25, 0.3) is 0 Å². The molecule has 0 aromatic carbocycles. The molecule has 0 N–H and O–H groups in total. The van der Waals surface area contributed by atoms with E-state index in [2.05, 4.69) is 0 Å². The van der Waals surface area contributed by atoms with Crippen molar-refractivity contribution in [3.05, 3.63) is 0 Å². The van der Waals surface area contributed by atoms with E-state index in [0.29, 0.717) is 18.4 Å². The van der Waals surface area contributed by atoms with Crippen LogP contribution in [-0.2, 0) is 20.0 Å². The Hall–Kier alpha value is -0.620. The predicted molar refractivity (Wildman–Crippen MR) is 70.8 cm³/mol.